The molecule has 2 aromatic heterocycles. The first-order chi connectivity index (χ1) is 10.8. The van der Waals surface area contributed by atoms with E-state index in [0.717, 1.165) is 49.6 Å². The molecule has 0 spiro atoms. The largest absolute Gasteiger partial charge is 0.468 e. The van der Waals surface area contributed by atoms with Gasteiger partial charge in [0.25, 0.3) is 5.91 Å². The number of thioether (sulfide) groups is 1. The number of hydrogen-bond donors (Lipinski definition) is 0. The fraction of sp³-hybridized carbons (Fsp3) is 0.533. The molecule has 0 bridgehead atoms. The molecule has 1 aliphatic heterocycles. The highest BCUT2D eigenvalue weighted by Crippen LogP contribution is 2.35. The fourth-order valence-corrected chi connectivity index (χ4v) is 4.45. The zero-order valence-electron chi connectivity index (χ0n) is 12.5. The predicted molar refractivity (Wildman–Crippen MR) is 88.3 cm³/mol. The van der Waals surface area contributed by atoms with Gasteiger partial charge in [-0.3, -0.25) is 4.79 Å². The van der Waals surface area contributed by atoms with E-state index < -0.39 is 0 Å². The second kappa shape index (κ2) is 7.28. The maximum atomic E-state index is 12.7. The van der Waals surface area contributed by atoms with Crippen molar-refractivity contribution in [3.8, 4) is 0 Å². The van der Waals surface area contributed by atoms with E-state index in [9.17, 15) is 4.79 Å². The van der Waals surface area contributed by atoms with Crippen LogP contribution in [0.15, 0.2) is 22.8 Å². The van der Waals surface area contributed by atoms with Crippen molar-refractivity contribution < 1.29 is 9.21 Å². The number of amides is 1. The smallest absolute Gasteiger partial charge is 0.267 e. The molecule has 3 rings (SSSR count). The number of carbonyl (C=O) groups excluding carboxylic acids is 1. The third-order valence-electron chi connectivity index (χ3n) is 3.73. The molecule has 1 aliphatic rings. The van der Waals surface area contributed by atoms with Crippen LogP contribution in [-0.4, -0.2) is 39.2 Å². The Hall–Kier alpha value is -1.34. The van der Waals surface area contributed by atoms with Crippen LogP contribution < -0.4 is 0 Å². The molecule has 1 fully saturated rings. The maximum absolute atomic E-state index is 12.7. The SMILES string of the molecule is CCCc1nnsc1C(=O)N1CCSC(c2ccco2)CC1. The van der Waals surface area contributed by atoms with Crippen molar-refractivity contribution in [2.75, 3.05) is 18.8 Å². The van der Waals surface area contributed by atoms with E-state index in [1.807, 2.05) is 28.8 Å². The lowest BCUT2D eigenvalue weighted by Crippen LogP contribution is -2.33. The average Bonchev–Trinajstić information content (AvgIpc) is 3.15. The van der Waals surface area contributed by atoms with Gasteiger partial charge in [0, 0.05) is 18.8 Å². The maximum Gasteiger partial charge on any atom is 0.267 e. The second-order valence-electron chi connectivity index (χ2n) is 5.25. The first-order valence-electron chi connectivity index (χ1n) is 7.55. The van der Waals surface area contributed by atoms with Crippen molar-refractivity contribution in [3.05, 3.63) is 34.7 Å². The van der Waals surface area contributed by atoms with E-state index in [1.165, 1.54) is 11.5 Å². The van der Waals surface area contributed by atoms with E-state index in [4.69, 9.17) is 4.42 Å². The van der Waals surface area contributed by atoms with Crippen molar-refractivity contribution in [1.29, 1.82) is 0 Å². The third kappa shape index (κ3) is 3.35. The monoisotopic (exact) mass is 337 g/mol. The van der Waals surface area contributed by atoms with Gasteiger partial charge in [0.05, 0.1) is 17.2 Å². The Morgan fingerprint density at radius 1 is 1.50 bits per heavy atom. The summed E-state index contributed by atoms with van der Waals surface area (Å²) in [4.78, 5) is 15.4. The van der Waals surface area contributed by atoms with E-state index in [2.05, 4.69) is 16.5 Å². The quantitative estimate of drug-likeness (QED) is 0.856. The molecule has 7 heteroatoms. The van der Waals surface area contributed by atoms with Crippen LogP contribution in [0.4, 0.5) is 0 Å². The lowest BCUT2D eigenvalue weighted by Gasteiger charge is -2.19. The van der Waals surface area contributed by atoms with Gasteiger partial charge in [-0.25, -0.2) is 0 Å². The lowest BCUT2D eigenvalue weighted by molar-refractivity contribution is 0.0769. The molecule has 1 saturated heterocycles. The van der Waals surface area contributed by atoms with Crippen LogP contribution in [-0.2, 0) is 6.42 Å². The Morgan fingerprint density at radius 2 is 2.41 bits per heavy atom. The number of rotatable bonds is 4. The third-order valence-corrected chi connectivity index (χ3v) is 5.77. The molecule has 0 saturated carbocycles. The zero-order chi connectivity index (χ0) is 15.4. The van der Waals surface area contributed by atoms with Crippen LogP contribution in [0.2, 0.25) is 0 Å². The lowest BCUT2D eigenvalue weighted by atomic mass is 10.2. The minimum absolute atomic E-state index is 0.0825. The van der Waals surface area contributed by atoms with Gasteiger partial charge in [0.15, 0.2) is 0 Å². The fourth-order valence-electron chi connectivity index (χ4n) is 2.59. The van der Waals surface area contributed by atoms with Crippen molar-refractivity contribution in [3.63, 3.8) is 0 Å². The summed E-state index contributed by atoms with van der Waals surface area (Å²) >= 11 is 3.08. The van der Waals surface area contributed by atoms with Crippen molar-refractivity contribution >= 4 is 29.2 Å². The number of nitrogens with zero attached hydrogens (tertiary/aromatic N) is 3. The Bertz CT molecular complexity index is 612. The molecule has 2 aromatic rings. The Labute approximate surface area is 138 Å². The summed E-state index contributed by atoms with van der Waals surface area (Å²) < 4.78 is 9.46. The molecular formula is C15H19N3O2S2. The molecule has 1 unspecified atom stereocenters. The molecule has 22 heavy (non-hydrogen) atoms. The molecular weight excluding hydrogens is 318 g/mol. The van der Waals surface area contributed by atoms with Gasteiger partial charge in [0.1, 0.15) is 10.6 Å². The molecule has 3 heterocycles. The minimum Gasteiger partial charge on any atom is -0.468 e. The molecule has 0 aromatic carbocycles. The van der Waals surface area contributed by atoms with Gasteiger partial charge in [-0.2, -0.15) is 0 Å². The van der Waals surface area contributed by atoms with Gasteiger partial charge < -0.3 is 9.32 Å². The van der Waals surface area contributed by atoms with Crippen LogP contribution in [0.5, 0.6) is 0 Å². The highest BCUT2D eigenvalue weighted by molar-refractivity contribution is 7.99. The van der Waals surface area contributed by atoms with Crippen molar-refractivity contribution in [1.82, 2.24) is 14.5 Å². The molecule has 0 N–H and O–H groups in total. The average molecular weight is 337 g/mol. The molecule has 0 radical (unpaired) electrons. The van der Waals surface area contributed by atoms with Gasteiger partial charge in [-0.15, -0.1) is 16.9 Å². The van der Waals surface area contributed by atoms with Crippen molar-refractivity contribution in [2.24, 2.45) is 0 Å². The number of aryl methyl sites for hydroxylation is 1. The normalized spacial score (nSPS) is 19.1. The molecule has 0 aliphatic carbocycles. The van der Waals surface area contributed by atoms with Gasteiger partial charge in [-0.05, 0) is 36.5 Å². The molecule has 5 nitrogen and oxygen atoms in total. The van der Waals surface area contributed by atoms with Gasteiger partial charge >= 0.3 is 0 Å². The zero-order valence-corrected chi connectivity index (χ0v) is 14.2. The minimum atomic E-state index is 0.0825. The molecule has 1 atom stereocenters. The van der Waals surface area contributed by atoms with Crippen LogP contribution in [0.1, 0.15) is 46.1 Å². The number of aromatic nitrogens is 2. The number of carbonyl (C=O) groups is 1. The van der Waals surface area contributed by atoms with Crippen LogP contribution in [0.25, 0.3) is 0 Å². The summed E-state index contributed by atoms with van der Waals surface area (Å²) in [6.45, 7) is 3.61. The number of furan rings is 1. The highest BCUT2D eigenvalue weighted by atomic mass is 32.2. The number of hydrogen-bond acceptors (Lipinski definition) is 6. The Morgan fingerprint density at radius 3 is 3.18 bits per heavy atom. The predicted octanol–water partition coefficient (Wildman–Crippen LogP) is 3.40. The van der Waals surface area contributed by atoms with E-state index in [-0.39, 0.29) is 5.91 Å². The summed E-state index contributed by atoms with van der Waals surface area (Å²) in [5, 5.41) is 4.44. The molecule has 1 amide bonds. The van der Waals surface area contributed by atoms with Crippen LogP contribution in [0.3, 0.4) is 0 Å². The highest BCUT2D eigenvalue weighted by Gasteiger charge is 2.26. The Balaban J connectivity index is 1.67. The topological polar surface area (TPSA) is 59.2 Å². The summed E-state index contributed by atoms with van der Waals surface area (Å²) in [6.07, 6.45) is 4.42. The standard InChI is InChI=1S/C15H19N3O2S2/c1-2-4-11-14(22-17-16-11)15(19)18-7-6-13(21-10-8-18)12-5-3-9-20-12/h3,5,9,13H,2,4,6-8,10H2,1H3. The summed E-state index contributed by atoms with van der Waals surface area (Å²) in [5.41, 5.74) is 0.844. The van der Waals surface area contributed by atoms with E-state index >= 15 is 0 Å². The second-order valence-corrected chi connectivity index (χ2v) is 7.32. The van der Waals surface area contributed by atoms with Crippen LogP contribution >= 0.6 is 23.3 Å². The first kappa shape index (κ1) is 15.6. The molecule has 118 valence electrons. The van der Waals surface area contributed by atoms with Crippen molar-refractivity contribution in [2.45, 2.75) is 31.4 Å². The summed E-state index contributed by atoms with van der Waals surface area (Å²) in [7, 11) is 0. The summed E-state index contributed by atoms with van der Waals surface area (Å²) in [6, 6.07) is 3.94. The van der Waals surface area contributed by atoms with Crippen LogP contribution in [0, 0.1) is 0 Å². The van der Waals surface area contributed by atoms with Gasteiger partial charge in [0.2, 0.25) is 0 Å². The van der Waals surface area contributed by atoms with E-state index in [0.29, 0.717) is 10.1 Å². The first-order valence-corrected chi connectivity index (χ1v) is 9.37. The van der Waals surface area contributed by atoms with E-state index in [1.54, 1.807) is 6.26 Å². The Kier molecular flexibility index (Phi) is 5.15. The van der Waals surface area contributed by atoms with Gasteiger partial charge in [-0.1, -0.05) is 17.8 Å². The summed E-state index contributed by atoms with van der Waals surface area (Å²) in [5.74, 6) is 2.01.